The number of hydrogen-bond acceptors (Lipinski definition) is 7. The molecular weight excluding hydrogens is 435 g/mol. The zero-order valence-corrected chi connectivity index (χ0v) is 17.1. The third-order valence-electron chi connectivity index (χ3n) is 4.23. The van der Waals surface area contributed by atoms with Gasteiger partial charge in [0.1, 0.15) is 11.4 Å². The lowest BCUT2D eigenvalue weighted by Crippen LogP contribution is -2.33. The van der Waals surface area contributed by atoms with Crippen molar-refractivity contribution in [2.24, 2.45) is 0 Å². The molecule has 0 amide bonds. The zero-order chi connectivity index (χ0) is 21.5. The van der Waals surface area contributed by atoms with Gasteiger partial charge >= 0.3 is 7.75 Å². The van der Waals surface area contributed by atoms with E-state index >= 15 is 0 Å². The molecule has 156 valence electrons. The fraction of sp³-hybridized carbons (Fsp3) is 0.125. The predicted molar refractivity (Wildman–Crippen MR) is 104 cm³/mol. The Morgan fingerprint density at radius 1 is 1.20 bits per heavy atom. The highest BCUT2D eigenvalue weighted by Gasteiger charge is 2.25. The van der Waals surface area contributed by atoms with Crippen LogP contribution in [-0.2, 0) is 21.1 Å². The van der Waals surface area contributed by atoms with Crippen LogP contribution >= 0.6 is 7.75 Å². The quantitative estimate of drug-likeness (QED) is 0.236. The van der Waals surface area contributed by atoms with Crippen molar-refractivity contribution >= 4 is 39.8 Å². The van der Waals surface area contributed by atoms with E-state index in [1.807, 2.05) is 10.6 Å². The molecule has 4 N–H and O–H groups in total. The van der Waals surface area contributed by atoms with Crippen LogP contribution in [0.5, 0.6) is 5.88 Å². The highest BCUT2D eigenvalue weighted by molar-refractivity contribution is 7.94. The van der Waals surface area contributed by atoms with E-state index in [1.165, 1.54) is 23.7 Å². The van der Waals surface area contributed by atoms with Gasteiger partial charge in [-0.25, -0.2) is 27.5 Å². The molecule has 0 bridgehead atoms. The van der Waals surface area contributed by atoms with Crippen molar-refractivity contribution in [3.63, 3.8) is 0 Å². The van der Waals surface area contributed by atoms with Crippen LogP contribution in [0.15, 0.2) is 47.9 Å². The molecule has 4 aromatic rings. The summed E-state index contributed by atoms with van der Waals surface area (Å²) in [5, 5.41) is 0.791. The third-order valence-corrected chi connectivity index (χ3v) is 7.00. The average Bonchev–Trinajstić information content (AvgIpc) is 3.09. The van der Waals surface area contributed by atoms with Crippen molar-refractivity contribution in [2.75, 3.05) is 7.11 Å². The number of aromatic nitrogens is 5. The lowest BCUT2D eigenvalue weighted by molar-refractivity contribution is -0.662. The van der Waals surface area contributed by atoms with Crippen LogP contribution in [0, 0.1) is 0 Å². The number of ether oxygens (including phenoxy) is 1. The Morgan fingerprint density at radius 2 is 2.00 bits per heavy atom. The van der Waals surface area contributed by atoms with Crippen LogP contribution in [0.3, 0.4) is 0 Å². The number of aromatic amines is 1. The maximum absolute atomic E-state index is 12.0. The molecular formula is C16H16N6O6PS+. The van der Waals surface area contributed by atoms with Crippen LogP contribution in [0.25, 0.3) is 22.1 Å². The number of pyridine rings is 3. The number of rotatable bonds is 6. The number of nitrogens with zero attached hydrogens (tertiary/aromatic N) is 4. The highest BCUT2D eigenvalue weighted by atomic mass is 32.2. The number of hydrogen-bond donors (Lipinski definition) is 4. The van der Waals surface area contributed by atoms with Gasteiger partial charge in [0.25, 0.3) is 10.0 Å². The Balaban J connectivity index is 1.68. The second kappa shape index (κ2) is 7.38. The van der Waals surface area contributed by atoms with E-state index in [0.29, 0.717) is 23.8 Å². The molecule has 30 heavy (non-hydrogen) atoms. The molecule has 0 aromatic carbocycles. The lowest BCUT2D eigenvalue weighted by Gasteiger charge is -2.07. The highest BCUT2D eigenvalue weighted by Crippen LogP contribution is 2.31. The molecule has 0 saturated heterocycles. The number of imidazole rings is 1. The number of H-pyrrole nitrogens is 1. The molecule has 0 aliphatic carbocycles. The zero-order valence-electron chi connectivity index (χ0n) is 15.4. The summed E-state index contributed by atoms with van der Waals surface area (Å²) in [6.45, 7) is 0.303. The average molecular weight is 451 g/mol. The number of sulfonamides is 1. The van der Waals surface area contributed by atoms with E-state index in [9.17, 15) is 13.0 Å². The first kappa shape index (κ1) is 20.3. The molecule has 0 spiro atoms. The summed E-state index contributed by atoms with van der Waals surface area (Å²) in [5.41, 5.74) is 2.65. The molecule has 4 aromatic heterocycles. The van der Waals surface area contributed by atoms with E-state index in [0.717, 1.165) is 22.6 Å². The molecule has 14 heteroatoms. The topological polar surface area (TPSA) is 171 Å². The first-order valence-electron chi connectivity index (χ1n) is 8.41. The smallest absolute Gasteiger partial charge is 0.414 e. The monoisotopic (exact) mass is 451 g/mol. The summed E-state index contributed by atoms with van der Waals surface area (Å²) >= 11 is 0. The van der Waals surface area contributed by atoms with Gasteiger partial charge in [0.15, 0.2) is 16.7 Å². The largest absolute Gasteiger partial charge is 0.481 e. The van der Waals surface area contributed by atoms with Crippen molar-refractivity contribution in [2.45, 2.75) is 11.4 Å². The minimum Gasteiger partial charge on any atom is -0.481 e. The molecule has 0 aliphatic heterocycles. The van der Waals surface area contributed by atoms with Gasteiger partial charge in [-0.2, -0.15) is 4.98 Å². The fourth-order valence-corrected chi connectivity index (χ4v) is 5.07. The Labute approximate surface area is 169 Å². The van der Waals surface area contributed by atoms with Crippen molar-refractivity contribution < 1.29 is 32.1 Å². The van der Waals surface area contributed by atoms with Gasteiger partial charge in [0, 0.05) is 12.3 Å². The van der Waals surface area contributed by atoms with Crippen LogP contribution in [-0.4, -0.2) is 45.3 Å². The second-order valence-corrected chi connectivity index (χ2v) is 9.57. The van der Waals surface area contributed by atoms with Crippen LogP contribution in [0.4, 0.5) is 0 Å². The molecule has 0 saturated carbocycles. The van der Waals surface area contributed by atoms with Crippen LogP contribution < -0.4 is 13.8 Å². The Kier molecular flexibility index (Phi) is 5.00. The SMILES string of the molecule is COc1ccc2c(ncc3[nH]c[n+](Cc4ccc(S(=O)(=O)NP(=O)(O)O)cn4)c32)n1. The molecule has 0 radical (unpaired) electrons. The van der Waals surface area contributed by atoms with Gasteiger partial charge in [-0.3, -0.25) is 4.98 Å². The van der Waals surface area contributed by atoms with Crippen LogP contribution in [0.1, 0.15) is 5.69 Å². The Hall–Kier alpha value is -2.96. The predicted octanol–water partition coefficient (Wildman–Crippen LogP) is 0.222. The Bertz CT molecular complexity index is 1400. The maximum atomic E-state index is 12.0. The summed E-state index contributed by atoms with van der Waals surface area (Å²) in [4.78, 5) is 33.2. The van der Waals surface area contributed by atoms with Crippen molar-refractivity contribution in [1.29, 1.82) is 0 Å². The van der Waals surface area contributed by atoms with Gasteiger partial charge in [-0.1, -0.05) is 0 Å². The molecule has 0 atom stereocenters. The Morgan fingerprint density at radius 3 is 2.67 bits per heavy atom. The number of methoxy groups -OCH3 is 1. The minimum absolute atomic E-state index is 0.303. The summed E-state index contributed by atoms with van der Waals surface area (Å²) in [6, 6.07) is 6.26. The fourth-order valence-electron chi connectivity index (χ4n) is 2.96. The standard InChI is InChI=1S/C16H15N6O6PS/c1-28-14-5-4-12-15-13(7-18-16(12)20-14)19-9-22(15)8-10-2-3-11(6-17-10)30(26,27)21-29(23,24)25/h2-7,9H,8H2,1H3,(H3,21,23,24,25)/p+1. The van der Waals surface area contributed by atoms with Crippen molar-refractivity contribution in [3.05, 3.63) is 48.7 Å². The van der Waals surface area contributed by atoms with Gasteiger partial charge in [-0.05, 0) is 18.2 Å². The van der Waals surface area contributed by atoms with Crippen molar-refractivity contribution in [3.8, 4) is 5.88 Å². The first-order chi connectivity index (χ1) is 14.2. The minimum atomic E-state index is -4.96. The van der Waals surface area contributed by atoms with E-state index < -0.39 is 17.8 Å². The molecule has 0 aliphatic rings. The van der Waals surface area contributed by atoms with Crippen molar-refractivity contribution in [1.82, 2.24) is 24.4 Å². The summed E-state index contributed by atoms with van der Waals surface area (Å²) < 4.78 is 43.2. The maximum Gasteiger partial charge on any atom is 0.414 e. The summed E-state index contributed by atoms with van der Waals surface area (Å²) in [7, 11) is -7.82. The van der Waals surface area contributed by atoms with Gasteiger partial charge < -0.3 is 14.5 Å². The molecule has 4 rings (SSSR count). The van der Waals surface area contributed by atoms with E-state index in [-0.39, 0.29) is 4.90 Å². The van der Waals surface area contributed by atoms with E-state index in [1.54, 1.807) is 18.6 Å². The number of nitrogens with one attached hydrogen (secondary N) is 2. The normalized spacial score (nSPS) is 12.5. The number of fused-ring (bicyclic) bond motifs is 3. The second-order valence-electron chi connectivity index (χ2n) is 6.27. The molecule has 4 heterocycles. The summed E-state index contributed by atoms with van der Waals surface area (Å²) in [6.07, 6.45) is 4.42. The first-order valence-corrected chi connectivity index (χ1v) is 11.5. The lowest BCUT2D eigenvalue weighted by atomic mass is 10.2. The summed E-state index contributed by atoms with van der Waals surface area (Å²) in [5.74, 6) is 0.443. The van der Waals surface area contributed by atoms with Gasteiger partial charge in [-0.15, -0.1) is 4.49 Å². The molecule has 12 nitrogen and oxygen atoms in total. The molecule has 0 unspecified atom stereocenters. The van der Waals surface area contributed by atoms with Crippen LogP contribution in [0.2, 0.25) is 0 Å². The van der Waals surface area contributed by atoms with E-state index in [2.05, 4.69) is 19.9 Å². The molecule has 0 fully saturated rings. The van der Waals surface area contributed by atoms with Gasteiger partial charge in [0.2, 0.25) is 12.2 Å². The van der Waals surface area contributed by atoms with E-state index in [4.69, 9.17) is 14.5 Å². The third kappa shape index (κ3) is 4.01. The van der Waals surface area contributed by atoms with Gasteiger partial charge in [0.05, 0.1) is 24.4 Å².